The van der Waals surface area contributed by atoms with Crippen LogP contribution >= 0.6 is 0 Å². The molecule has 0 aromatic carbocycles. The molecule has 3 rings (SSSR count). The monoisotopic (exact) mass is 317 g/mol. The SMILES string of the molecule is Cc1cc(C(=O)NC2CCCC2CN)nc2[nH]c(=O)[nH]c(=O)c12. The van der Waals surface area contributed by atoms with Crippen LogP contribution in [0.25, 0.3) is 11.0 Å². The van der Waals surface area contributed by atoms with Crippen LogP contribution in [0, 0.1) is 12.8 Å². The maximum absolute atomic E-state index is 12.4. The van der Waals surface area contributed by atoms with Crippen molar-refractivity contribution in [2.75, 3.05) is 6.54 Å². The Kier molecular flexibility index (Phi) is 3.99. The van der Waals surface area contributed by atoms with Crippen molar-refractivity contribution in [3.05, 3.63) is 38.2 Å². The molecule has 0 radical (unpaired) electrons. The summed E-state index contributed by atoms with van der Waals surface area (Å²) < 4.78 is 0. The van der Waals surface area contributed by atoms with Crippen molar-refractivity contribution in [3.63, 3.8) is 0 Å². The van der Waals surface area contributed by atoms with Crippen LogP contribution in [0.1, 0.15) is 35.3 Å². The summed E-state index contributed by atoms with van der Waals surface area (Å²) >= 11 is 0. The van der Waals surface area contributed by atoms with Gasteiger partial charge in [0.1, 0.15) is 11.3 Å². The Hall–Kier alpha value is -2.48. The van der Waals surface area contributed by atoms with Gasteiger partial charge in [0.2, 0.25) is 0 Å². The third-order valence-corrected chi connectivity index (χ3v) is 4.41. The van der Waals surface area contributed by atoms with Gasteiger partial charge in [0.25, 0.3) is 11.5 Å². The fourth-order valence-corrected chi connectivity index (χ4v) is 3.22. The fraction of sp³-hybridized carbons (Fsp3) is 0.467. The summed E-state index contributed by atoms with van der Waals surface area (Å²) in [6.45, 7) is 2.24. The summed E-state index contributed by atoms with van der Waals surface area (Å²) in [5.41, 5.74) is 5.44. The van der Waals surface area contributed by atoms with Gasteiger partial charge >= 0.3 is 5.69 Å². The van der Waals surface area contributed by atoms with Gasteiger partial charge < -0.3 is 11.1 Å². The van der Waals surface area contributed by atoms with E-state index in [0.717, 1.165) is 19.3 Å². The van der Waals surface area contributed by atoms with Crippen molar-refractivity contribution < 1.29 is 4.79 Å². The number of nitrogens with zero attached hydrogens (tertiary/aromatic N) is 1. The first kappa shape index (κ1) is 15.4. The number of carbonyl (C=O) groups is 1. The lowest BCUT2D eigenvalue weighted by Gasteiger charge is -2.19. The van der Waals surface area contributed by atoms with E-state index >= 15 is 0 Å². The van der Waals surface area contributed by atoms with Crippen LogP contribution in [-0.2, 0) is 0 Å². The van der Waals surface area contributed by atoms with Crippen molar-refractivity contribution in [2.45, 2.75) is 32.2 Å². The highest BCUT2D eigenvalue weighted by atomic mass is 16.2. The Morgan fingerprint density at radius 3 is 2.91 bits per heavy atom. The van der Waals surface area contributed by atoms with Crippen LogP contribution in [0.3, 0.4) is 0 Å². The van der Waals surface area contributed by atoms with Crippen LogP contribution in [-0.4, -0.2) is 33.4 Å². The van der Waals surface area contributed by atoms with Crippen molar-refractivity contribution >= 4 is 16.9 Å². The molecule has 2 heterocycles. The number of nitrogens with two attached hydrogens (primary N) is 1. The number of nitrogens with one attached hydrogen (secondary N) is 3. The molecule has 1 saturated carbocycles. The lowest BCUT2D eigenvalue weighted by molar-refractivity contribution is 0.0924. The molecule has 0 saturated heterocycles. The molecule has 2 aromatic heterocycles. The topological polar surface area (TPSA) is 134 Å². The van der Waals surface area contributed by atoms with E-state index in [-0.39, 0.29) is 34.6 Å². The van der Waals surface area contributed by atoms with E-state index in [9.17, 15) is 14.4 Å². The number of rotatable bonds is 3. The number of carbonyl (C=O) groups excluding carboxylic acids is 1. The number of aryl methyl sites for hydroxylation is 1. The van der Waals surface area contributed by atoms with E-state index in [2.05, 4.69) is 20.3 Å². The first-order valence-electron chi connectivity index (χ1n) is 7.64. The number of aromatic nitrogens is 3. The molecular formula is C15H19N5O3. The molecule has 122 valence electrons. The Bertz CT molecular complexity index is 870. The molecule has 8 heteroatoms. The molecule has 0 aliphatic heterocycles. The number of amides is 1. The van der Waals surface area contributed by atoms with Crippen LogP contribution in [0.5, 0.6) is 0 Å². The molecule has 1 fully saturated rings. The van der Waals surface area contributed by atoms with E-state index < -0.39 is 11.2 Å². The lowest BCUT2D eigenvalue weighted by atomic mass is 10.0. The molecular weight excluding hydrogens is 298 g/mol. The highest BCUT2D eigenvalue weighted by Crippen LogP contribution is 2.24. The number of fused-ring (bicyclic) bond motifs is 1. The Morgan fingerprint density at radius 2 is 2.17 bits per heavy atom. The first-order valence-corrected chi connectivity index (χ1v) is 7.64. The fourth-order valence-electron chi connectivity index (χ4n) is 3.22. The zero-order valence-electron chi connectivity index (χ0n) is 12.8. The highest BCUT2D eigenvalue weighted by Gasteiger charge is 2.28. The Morgan fingerprint density at radius 1 is 1.39 bits per heavy atom. The van der Waals surface area contributed by atoms with E-state index in [4.69, 9.17) is 5.73 Å². The summed E-state index contributed by atoms with van der Waals surface area (Å²) in [4.78, 5) is 44.4. The minimum Gasteiger partial charge on any atom is -0.348 e. The summed E-state index contributed by atoms with van der Waals surface area (Å²) in [5.74, 6) is -0.0374. The smallest absolute Gasteiger partial charge is 0.327 e. The predicted molar refractivity (Wildman–Crippen MR) is 85.4 cm³/mol. The van der Waals surface area contributed by atoms with Crippen LogP contribution in [0.2, 0.25) is 0 Å². The second-order valence-electron chi connectivity index (χ2n) is 5.96. The van der Waals surface area contributed by atoms with Gasteiger partial charge in [0.15, 0.2) is 0 Å². The highest BCUT2D eigenvalue weighted by molar-refractivity contribution is 5.95. The zero-order valence-corrected chi connectivity index (χ0v) is 12.8. The van der Waals surface area contributed by atoms with Gasteiger partial charge in [-0.25, -0.2) is 9.78 Å². The van der Waals surface area contributed by atoms with Gasteiger partial charge in [-0.15, -0.1) is 0 Å². The molecule has 1 aliphatic rings. The Balaban J connectivity index is 1.95. The summed E-state index contributed by atoms with van der Waals surface area (Å²) in [6, 6.07) is 1.60. The molecule has 23 heavy (non-hydrogen) atoms. The van der Waals surface area contributed by atoms with Crippen molar-refractivity contribution in [1.29, 1.82) is 0 Å². The number of aromatic amines is 2. The number of hydrogen-bond donors (Lipinski definition) is 4. The van der Waals surface area contributed by atoms with Crippen molar-refractivity contribution in [1.82, 2.24) is 20.3 Å². The molecule has 8 nitrogen and oxygen atoms in total. The van der Waals surface area contributed by atoms with E-state index in [0.29, 0.717) is 12.1 Å². The first-order chi connectivity index (χ1) is 11.0. The standard InChI is InChI=1S/C15H19N5O3/c1-7-5-10(13(21)18-9-4-2-3-8(9)6-16)17-12-11(7)14(22)20-15(23)19-12/h5,8-9H,2-4,6,16H2,1H3,(H,18,21)(H2,17,19,20,22,23). The molecule has 2 atom stereocenters. The molecule has 1 amide bonds. The lowest BCUT2D eigenvalue weighted by Crippen LogP contribution is -2.40. The third-order valence-electron chi connectivity index (χ3n) is 4.41. The summed E-state index contributed by atoms with van der Waals surface area (Å²) in [6.07, 6.45) is 2.95. The molecule has 1 aliphatic carbocycles. The zero-order chi connectivity index (χ0) is 16.6. The van der Waals surface area contributed by atoms with E-state index in [1.165, 1.54) is 0 Å². The van der Waals surface area contributed by atoms with Gasteiger partial charge in [0, 0.05) is 6.04 Å². The average molecular weight is 317 g/mol. The van der Waals surface area contributed by atoms with Crippen LogP contribution in [0.15, 0.2) is 15.7 Å². The van der Waals surface area contributed by atoms with Crippen LogP contribution < -0.4 is 22.3 Å². The second kappa shape index (κ2) is 5.96. The van der Waals surface area contributed by atoms with Gasteiger partial charge in [-0.1, -0.05) is 6.42 Å². The third kappa shape index (κ3) is 2.89. The largest absolute Gasteiger partial charge is 0.348 e. The summed E-state index contributed by atoms with van der Waals surface area (Å²) in [7, 11) is 0. The molecule has 0 bridgehead atoms. The van der Waals surface area contributed by atoms with Gasteiger partial charge in [0.05, 0.1) is 5.39 Å². The maximum Gasteiger partial charge on any atom is 0.327 e. The average Bonchev–Trinajstić information content (AvgIpc) is 2.93. The van der Waals surface area contributed by atoms with E-state index in [1.54, 1.807) is 13.0 Å². The van der Waals surface area contributed by atoms with Gasteiger partial charge in [-0.05, 0) is 43.9 Å². The molecule has 0 spiro atoms. The predicted octanol–water partition coefficient (Wildman–Crippen LogP) is -0.223. The van der Waals surface area contributed by atoms with Crippen molar-refractivity contribution in [3.8, 4) is 0 Å². The Labute approximate surface area is 131 Å². The quantitative estimate of drug-likeness (QED) is 0.621. The van der Waals surface area contributed by atoms with Crippen LogP contribution in [0.4, 0.5) is 0 Å². The maximum atomic E-state index is 12.4. The molecule has 2 aromatic rings. The summed E-state index contributed by atoms with van der Waals surface area (Å²) in [5, 5.41) is 3.24. The number of pyridine rings is 1. The van der Waals surface area contributed by atoms with E-state index in [1.807, 2.05) is 0 Å². The molecule has 2 unspecified atom stereocenters. The van der Waals surface area contributed by atoms with Crippen molar-refractivity contribution in [2.24, 2.45) is 11.7 Å². The second-order valence-corrected chi connectivity index (χ2v) is 5.96. The normalized spacial score (nSPS) is 20.8. The minimum atomic E-state index is -0.647. The minimum absolute atomic E-state index is 0.0449. The van der Waals surface area contributed by atoms with Gasteiger partial charge in [-0.2, -0.15) is 0 Å². The number of hydrogen-bond acceptors (Lipinski definition) is 5. The molecule has 5 N–H and O–H groups in total. The number of H-pyrrole nitrogens is 2. The van der Waals surface area contributed by atoms with Gasteiger partial charge in [-0.3, -0.25) is 19.6 Å².